The lowest BCUT2D eigenvalue weighted by Crippen LogP contribution is -2.37. The quantitative estimate of drug-likeness (QED) is 0.569. The summed E-state index contributed by atoms with van der Waals surface area (Å²) < 4.78 is 4.84. The minimum Gasteiger partial charge on any atom is -0.383 e. The smallest absolute Gasteiger partial charge is 0.233 e. The van der Waals surface area contributed by atoms with E-state index in [1.807, 2.05) is 6.26 Å². The van der Waals surface area contributed by atoms with Gasteiger partial charge in [0.1, 0.15) is 0 Å². The van der Waals surface area contributed by atoms with E-state index in [-0.39, 0.29) is 5.91 Å². The number of thioether (sulfide) groups is 1. The molecular formula is C9H20N2O2S. The summed E-state index contributed by atoms with van der Waals surface area (Å²) in [4.78, 5) is 11.2. The van der Waals surface area contributed by atoms with Gasteiger partial charge in [-0.1, -0.05) is 6.92 Å². The van der Waals surface area contributed by atoms with E-state index in [4.69, 9.17) is 4.74 Å². The molecule has 0 bridgehead atoms. The zero-order valence-electron chi connectivity index (χ0n) is 9.13. The normalized spacial score (nSPS) is 12.5. The van der Waals surface area contributed by atoms with Gasteiger partial charge in [-0.25, -0.2) is 0 Å². The van der Waals surface area contributed by atoms with Crippen LogP contribution in [0.2, 0.25) is 0 Å². The van der Waals surface area contributed by atoms with Gasteiger partial charge in [-0.2, -0.15) is 11.8 Å². The number of nitrogens with one attached hydrogen (secondary N) is 2. The predicted molar refractivity (Wildman–Crippen MR) is 60.7 cm³/mol. The number of rotatable bonds is 8. The van der Waals surface area contributed by atoms with Crippen molar-refractivity contribution >= 4 is 17.7 Å². The van der Waals surface area contributed by atoms with Crippen LogP contribution in [0, 0.1) is 0 Å². The van der Waals surface area contributed by atoms with Crippen molar-refractivity contribution in [2.75, 3.05) is 39.6 Å². The van der Waals surface area contributed by atoms with Gasteiger partial charge in [-0.05, 0) is 6.26 Å². The minimum absolute atomic E-state index is 0.0435. The third kappa shape index (κ3) is 8.34. The Morgan fingerprint density at radius 3 is 2.86 bits per heavy atom. The number of hydrogen-bond donors (Lipinski definition) is 2. The molecule has 2 N–H and O–H groups in total. The monoisotopic (exact) mass is 220 g/mol. The highest BCUT2D eigenvalue weighted by Crippen LogP contribution is 2.01. The number of carbonyl (C=O) groups excluding carboxylic acids is 1. The van der Waals surface area contributed by atoms with Crippen molar-refractivity contribution in [3.63, 3.8) is 0 Å². The van der Waals surface area contributed by atoms with Crippen molar-refractivity contribution < 1.29 is 9.53 Å². The highest BCUT2D eigenvalue weighted by Gasteiger charge is 2.02. The van der Waals surface area contributed by atoms with E-state index < -0.39 is 0 Å². The molecule has 0 aliphatic rings. The van der Waals surface area contributed by atoms with Gasteiger partial charge in [0.15, 0.2) is 0 Å². The van der Waals surface area contributed by atoms with E-state index in [1.54, 1.807) is 18.9 Å². The van der Waals surface area contributed by atoms with E-state index in [2.05, 4.69) is 17.6 Å². The van der Waals surface area contributed by atoms with Gasteiger partial charge in [-0.3, -0.25) is 4.79 Å². The summed E-state index contributed by atoms with van der Waals surface area (Å²) in [5.74, 6) is 0.0435. The molecule has 0 radical (unpaired) electrons. The summed E-state index contributed by atoms with van der Waals surface area (Å²) in [6, 6.07) is 0. The molecule has 0 saturated heterocycles. The maximum atomic E-state index is 11.2. The fraction of sp³-hybridized carbons (Fsp3) is 0.889. The third-order valence-corrected chi connectivity index (χ3v) is 2.73. The Kier molecular flexibility index (Phi) is 9.13. The molecular weight excluding hydrogens is 200 g/mol. The van der Waals surface area contributed by atoms with Crippen LogP contribution >= 0.6 is 11.8 Å². The molecule has 0 aromatic carbocycles. The zero-order chi connectivity index (χ0) is 10.8. The largest absolute Gasteiger partial charge is 0.383 e. The Morgan fingerprint density at radius 1 is 1.57 bits per heavy atom. The topological polar surface area (TPSA) is 50.4 Å². The van der Waals surface area contributed by atoms with Crippen LogP contribution in [0.3, 0.4) is 0 Å². The van der Waals surface area contributed by atoms with Gasteiger partial charge >= 0.3 is 0 Å². The molecule has 5 heteroatoms. The fourth-order valence-corrected chi connectivity index (χ4v) is 1.03. The highest BCUT2D eigenvalue weighted by molar-refractivity contribution is 7.99. The van der Waals surface area contributed by atoms with E-state index in [9.17, 15) is 4.79 Å². The molecule has 1 unspecified atom stereocenters. The second-order valence-electron chi connectivity index (χ2n) is 3.02. The molecule has 0 rings (SSSR count). The molecule has 1 amide bonds. The summed E-state index contributed by atoms with van der Waals surface area (Å²) in [5.41, 5.74) is 0. The molecule has 4 nitrogen and oxygen atoms in total. The summed E-state index contributed by atoms with van der Waals surface area (Å²) in [6.07, 6.45) is 2.04. The van der Waals surface area contributed by atoms with Crippen molar-refractivity contribution in [2.24, 2.45) is 0 Å². The molecule has 14 heavy (non-hydrogen) atoms. The van der Waals surface area contributed by atoms with Crippen LogP contribution in [-0.2, 0) is 9.53 Å². The van der Waals surface area contributed by atoms with Gasteiger partial charge in [0.25, 0.3) is 0 Å². The number of hydrogen-bond acceptors (Lipinski definition) is 4. The summed E-state index contributed by atoms with van der Waals surface area (Å²) in [7, 11) is 1.64. The fourth-order valence-electron chi connectivity index (χ4n) is 0.780. The first kappa shape index (κ1) is 13.7. The number of ether oxygens (including phenoxy) is 1. The number of amides is 1. The summed E-state index contributed by atoms with van der Waals surface area (Å²) >= 11 is 1.74. The molecule has 0 saturated carbocycles. The lowest BCUT2D eigenvalue weighted by molar-refractivity contribution is -0.120. The van der Waals surface area contributed by atoms with Crippen molar-refractivity contribution in [3.05, 3.63) is 0 Å². The Labute approximate surface area is 90.2 Å². The van der Waals surface area contributed by atoms with Crippen molar-refractivity contribution in [1.82, 2.24) is 10.6 Å². The lowest BCUT2D eigenvalue weighted by Gasteiger charge is -2.10. The highest BCUT2D eigenvalue weighted by atomic mass is 32.2. The minimum atomic E-state index is 0.0435. The van der Waals surface area contributed by atoms with Gasteiger partial charge in [0.05, 0.1) is 13.2 Å². The maximum Gasteiger partial charge on any atom is 0.233 e. The standard InChI is InChI=1S/C9H20N2O2S/c1-8(14-3)6-11-9(12)7-10-4-5-13-2/h8,10H,4-7H2,1-3H3,(H,11,12). The van der Waals surface area contributed by atoms with E-state index in [0.717, 1.165) is 6.54 Å². The van der Waals surface area contributed by atoms with Crippen LogP contribution in [-0.4, -0.2) is 50.8 Å². The Morgan fingerprint density at radius 2 is 2.29 bits per heavy atom. The Hall–Kier alpha value is -0.260. The van der Waals surface area contributed by atoms with Crippen LogP contribution in [0.5, 0.6) is 0 Å². The van der Waals surface area contributed by atoms with Gasteiger partial charge < -0.3 is 15.4 Å². The molecule has 0 aliphatic heterocycles. The van der Waals surface area contributed by atoms with Crippen LogP contribution in [0.1, 0.15) is 6.92 Å². The molecule has 0 spiro atoms. The lowest BCUT2D eigenvalue weighted by atomic mass is 10.4. The van der Waals surface area contributed by atoms with Crippen molar-refractivity contribution in [1.29, 1.82) is 0 Å². The Bertz CT molecular complexity index is 156. The van der Waals surface area contributed by atoms with Gasteiger partial charge in [-0.15, -0.1) is 0 Å². The second kappa shape index (κ2) is 9.30. The van der Waals surface area contributed by atoms with Crippen LogP contribution < -0.4 is 10.6 Å². The molecule has 0 aromatic heterocycles. The first-order chi connectivity index (χ1) is 6.70. The molecule has 0 fully saturated rings. The van der Waals surface area contributed by atoms with Gasteiger partial charge in [0, 0.05) is 25.4 Å². The number of methoxy groups -OCH3 is 1. The van der Waals surface area contributed by atoms with E-state index in [1.165, 1.54) is 0 Å². The zero-order valence-corrected chi connectivity index (χ0v) is 9.95. The summed E-state index contributed by atoms with van der Waals surface area (Å²) in [5, 5.41) is 6.30. The number of carbonyl (C=O) groups is 1. The summed E-state index contributed by atoms with van der Waals surface area (Å²) in [6.45, 7) is 4.52. The van der Waals surface area contributed by atoms with E-state index >= 15 is 0 Å². The maximum absolute atomic E-state index is 11.2. The Balaban J connectivity index is 3.28. The van der Waals surface area contributed by atoms with Crippen LogP contribution in [0.25, 0.3) is 0 Å². The SMILES string of the molecule is COCCNCC(=O)NCC(C)SC. The third-order valence-electron chi connectivity index (χ3n) is 1.76. The molecule has 84 valence electrons. The molecule has 1 atom stereocenters. The average Bonchev–Trinajstić information content (AvgIpc) is 2.21. The van der Waals surface area contributed by atoms with E-state index in [0.29, 0.717) is 24.9 Å². The predicted octanol–water partition coefficient (Wildman–Crippen LogP) is 0.0901. The van der Waals surface area contributed by atoms with Crippen LogP contribution in [0.4, 0.5) is 0 Å². The first-order valence-electron chi connectivity index (χ1n) is 4.69. The average molecular weight is 220 g/mol. The van der Waals surface area contributed by atoms with Gasteiger partial charge in [0.2, 0.25) is 5.91 Å². The second-order valence-corrected chi connectivity index (χ2v) is 4.30. The van der Waals surface area contributed by atoms with Crippen molar-refractivity contribution in [3.8, 4) is 0 Å². The van der Waals surface area contributed by atoms with Crippen LogP contribution in [0.15, 0.2) is 0 Å². The first-order valence-corrected chi connectivity index (χ1v) is 5.98. The molecule has 0 heterocycles. The molecule has 0 aliphatic carbocycles. The molecule has 0 aromatic rings. The van der Waals surface area contributed by atoms with Crippen molar-refractivity contribution in [2.45, 2.75) is 12.2 Å².